The topological polar surface area (TPSA) is 77.7 Å². The van der Waals surface area contributed by atoms with E-state index in [1.807, 2.05) is 0 Å². The van der Waals surface area contributed by atoms with Crippen molar-refractivity contribution in [1.29, 1.82) is 0 Å². The summed E-state index contributed by atoms with van der Waals surface area (Å²) in [5, 5.41) is 13.1. The number of rotatable bonds is 5. The zero-order valence-electron chi connectivity index (χ0n) is 20.4. The number of piperazine rings is 1. The molecule has 5 rings (SSSR count). The van der Waals surface area contributed by atoms with Crippen LogP contribution < -0.4 is 21.4 Å². The van der Waals surface area contributed by atoms with Crippen molar-refractivity contribution in [3.8, 4) is 0 Å². The summed E-state index contributed by atoms with van der Waals surface area (Å²) in [5.74, 6) is 1.31. The van der Waals surface area contributed by atoms with Crippen LogP contribution in [-0.2, 0) is 9.53 Å². The van der Waals surface area contributed by atoms with Crippen LogP contribution in [0.3, 0.4) is 0 Å². The van der Waals surface area contributed by atoms with E-state index in [0.717, 1.165) is 58.2 Å². The fourth-order valence-corrected chi connectivity index (χ4v) is 7.87. The molecule has 4 N–H and O–H groups in total. The highest BCUT2D eigenvalue weighted by Gasteiger charge is 2.47. The zero-order chi connectivity index (χ0) is 22.9. The van der Waals surface area contributed by atoms with Crippen molar-refractivity contribution >= 4 is 17.5 Å². The van der Waals surface area contributed by atoms with Gasteiger partial charge in [-0.25, -0.2) is 5.01 Å². The van der Waals surface area contributed by atoms with Crippen molar-refractivity contribution in [3.63, 3.8) is 0 Å². The Balaban J connectivity index is 1.12. The molecule has 3 heterocycles. The summed E-state index contributed by atoms with van der Waals surface area (Å²) >= 11 is 6.68. The Labute approximate surface area is 204 Å². The van der Waals surface area contributed by atoms with Gasteiger partial charge in [0.1, 0.15) is 0 Å². The molecule has 3 aliphatic heterocycles. The maximum atomic E-state index is 13.1. The first-order valence-electron chi connectivity index (χ1n) is 13.5. The standard InChI is InChI=1S/C25H44ClN5O2/c1-15-8-16(2)31(30-15)20-5-3-4-17(10-20)25(32)29-13-21-11-18-9-19(26)12-22(24(18)33-21)23-14-27-6-7-28-23/h15-24,27-28,30H,3-14H2,1-2H3,(H,29,32)/t15?,16?,17?,18?,19?,20?,21-,22?,23?,24?/m1/s1. The van der Waals surface area contributed by atoms with Gasteiger partial charge >= 0.3 is 0 Å². The lowest BCUT2D eigenvalue weighted by Crippen LogP contribution is -2.56. The second kappa shape index (κ2) is 10.7. The fraction of sp³-hybridized carbons (Fsp3) is 0.960. The van der Waals surface area contributed by atoms with Gasteiger partial charge in [0.2, 0.25) is 5.91 Å². The zero-order valence-corrected chi connectivity index (χ0v) is 21.2. The molecule has 0 aromatic rings. The minimum Gasteiger partial charge on any atom is -0.373 e. The molecule has 3 saturated heterocycles. The van der Waals surface area contributed by atoms with E-state index >= 15 is 0 Å². The SMILES string of the molecule is CC1CC(C)N(C2CCCC(C(=O)NC[C@H]3CC4CC(Cl)CC(C5CNCCN5)C4O3)C2)N1. The summed E-state index contributed by atoms with van der Waals surface area (Å²) in [6.45, 7) is 8.23. The molecule has 0 aromatic heterocycles. The van der Waals surface area contributed by atoms with E-state index in [-0.39, 0.29) is 29.4 Å². The normalized spacial score (nSPS) is 46.8. The number of amides is 1. The van der Waals surface area contributed by atoms with Gasteiger partial charge in [-0.2, -0.15) is 0 Å². The second-order valence-corrected chi connectivity index (χ2v) is 12.1. The number of hydrogen-bond acceptors (Lipinski definition) is 6. The molecule has 7 nitrogen and oxygen atoms in total. The van der Waals surface area contributed by atoms with E-state index in [2.05, 4.69) is 40.2 Å². The third-order valence-electron chi connectivity index (χ3n) is 8.93. The summed E-state index contributed by atoms with van der Waals surface area (Å²) < 4.78 is 6.59. The van der Waals surface area contributed by atoms with Gasteiger partial charge in [0.15, 0.2) is 0 Å². The van der Waals surface area contributed by atoms with Gasteiger partial charge in [-0.05, 0) is 64.7 Å². The van der Waals surface area contributed by atoms with Crippen LogP contribution in [0.4, 0.5) is 0 Å². The quantitative estimate of drug-likeness (QED) is 0.450. The van der Waals surface area contributed by atoms with Crippen LogP contribution in [0.1, 0.15) is 65.2 Å². The number of ether oxygens (including phenoxy) is 1. The molecule has 0 aromatic carbocycles. The molecule has 0 bridgehead atoms. The van der Waals surface area contributed by atoms with Crippen molar-refractivity contribution in [2.45, 2.75) is 107 Å². The molecule has 2 saturated carbocycles. The Hall–Kier alpha value is -0.440. The Morgan fingerprint density at radius 2 is 2.00 bits per heavy atom. The molecule has 2 aliphatic carbocycles. The van der Waals surface area contributed by atoms with E-state index < -0.39 is 0 Å². The molecule has 0 radical (unpaired) electrons. The molecule has 33 heavy (non-hydrogen) atoms. The van der Waals surface area contributed by atoms with Crippen LogP contribution in [0.25, 0.3) is 0 Å². The number of carbonyl (C=O) groups is 1. The number of hydrogen-bond donors (Lipinski definition) is 4. The van der Waals surface area contributed by atoms with Crippen LogP contribution in [0.2, 0.25) is 0 Å². The van der Waals surface area contributed by atoms with Gasteiger partial charge in [-0.3, -0.25) is 10.2 Å². The van der Waals surface area contributed by atoms with E-state index in [0.29, 0.717) is 42.5 Å². The molecule has 0 spiro atoms. The Kier molecular flexibility index (Phi) is 7.84. The Morgan fingerprint density at radius 3 is 2.76 bits per heavy atom. The maximum absolute atomic E-state index is 13.1. The van der Waals surface area contributed by atoms with Crippen molar-refractivity contribution in [2.24, 2.45) is 17.8 Å². The van der Waals surface area contributed by atoms with E-state index in [1.54, 1.807) is 0 Å². The second-order valence-electron chi connectivity index (χ2n) is 11.5. The number of nitrogens with zero attached hydrogens (tertiary/aromatic N) is 1. The monoisotopic (exact) mass is 481 g/mol. The lowest BCUT2D eigenvalue weighted by atomic mass is 9.74. The lowest BCUT2D eigenvalue weighted by molar-refractivity contribution is -0.127. The molecular formula is C25H44ClN5O2. The summed E-state index contributed by atoms with van der Waals surface area (Å²) in [4.78, 5) is 13.1. The predicted molar refractivity (Wildman–Crippen MR) is 131 cm³/mol. The minimum absolute atomic E-state index is 0.116. The number of hydrazine groups is 1. The number of fused-ring (bicyclic) bond motifs is 1. The first-order chi connectivity index (χ1) is 16.0. The lowest BCUT2D eigenvalue weighted by Gasteiger charge is -2.41. The first kappa shape index (κ1) is 24.3. The molecule has 188 valence electrons. The molecule has 9 unspecified atom stereocenters. The minimum atomic E-state index is 0.116. The predicted octanol–water partition coefficient (Wildman–Crippen LogP) is 2.00. The Morgan fingerprint density at radius 1 is 1.12 bits per heavy atom. The van der Waals surface area contributed by atoms with Gasteiger partial charge in [-0.15, -0.1) is 11.6 Å². The van der Waals surface area contributed by atoms with Crippen LogP contribution in [0.15, 0.2) is 0 Å². The number of carbonyl (C=O) groups excluding carboxylic acids is 1. The summed E-state index contributed by atoms with van der Waals surface area (Å²) in [7, 11) is 0. The Bertz CT molecular complexity index is 677. The molecule has 8 heteroatoms. The molecule has 1 amide bonds. The highest BCUT2D eigenvalue weighted by atomic mass is 35.5. The number of alkyl halides is 1. The van der Waals surface area contributed by atoms with Crippen LogP contribution in [0.5, 0.6) is 0 Å². The van der Waals surface area contributed by atoms with E-state index in [1.165, 1.54) is 12.8 Å². The summed E-state index contributed by atoms with van der Waals surface area (Å²) in [6, 6.07) is 1.99. The smallest absolute Gasteiger partial charge is 0.223 e. The number of halogens is 1. The third kappa shape index (κ3) is 5.54. The highest BCUT2D eigenvalue weighted by Crippen LogP contribution is 2.43. The maximum Gasteiger partial charge on any atom is 0.223 e. The van der Waals surface area contributed by atoms with Crippen LogP contribution >= 0.6 is 11.6 Å². The summed E-state index contributed by atoms with van der Waals surface area (Å²) in [5.41, 5.74) is 3.63. The van der Waals surface area contributed by atoms with Crippen molar-refractivity contribution in [1.82, 2.24) is 26.4 Å². The van der Waals surface area contributed by atoms with Crippen molar-refractivity contribution < 1.29 is 9.53 Å². The molecule has 10 atom stereocenters. The van der Waals surface area contributed by atoms with Gasteiger partial charge in [0.05, 0.1) is 12.2 Å². The van der Waals surface area contributed by atoms with Gasteiger partial charge in [0.25, 0.3) is 0 Å². The average Bonchev–Trinajstić information content (AvgIpc) is 3.39. The highest BCUT2D eigenvalue weighted by molar-refractivity contribution is 6.20. The van der Waals surface area contributed by atoms with Crippen molar-refractivity contribution in [2.75, 3.05) is 26.2 Å². The van der Waals surface area contributed by atoms with Crippen LogP contribution in [-0.4, -0.2) is 78.8 Å². The van der Waals surface area contributed by atoms with Crippen LogP contribution in [0, 0.1) is 17.8 Å². The van der Waals surface area contributed by atoms with Gasteiger partial charge < -0.3 is 20.7 Å². The fourth-order valence-electron chi connectivity index (χ4n) is 7.44. The largest absolute Gasteiger partial charge is 0.373 e. The third-order valence-corrected chi connectivity index (χ3v) is 9.29. The molecular weight excluding hydrogens is 438 g/mol. The van der Waals surface area contributed by atoms with E-state index in [4.69, 9.17) is 16.3 Å². The number of nitrogens with one attached hydrogen (secondary N) is 4. The van der Waals surface area contributed by atoms with Gasteiger partial charge in [0, 0.05) is 67.6 Å². The average molecular weight is 482 g/mol. The molecule has 5 fully saturated rings. The van der Waals surface area contributed by atoms with E-state index in [9.17, 15) is 4.79 Å². The first-order valence-corrected chi connectivity index (χ1v) is 14.0. The summed E-state index contributed by atoms with van der Waals surface area (Å²) in [6.07, 6.45) is 8.94. The molecule has 5 aliphatic rings. The van der Waals surface area contributed by atoms with Crippen molar-refractivity contribution in [3.05, 3.63) is 0 Å². The van der Waals surface area contributed by atoms with Gasteiger partial charge in [-0.1, -0.05) is 6.42 Å².